The first kappa shape index (κ1) is 14.8. The van der Waals surface area contributed by atoms with E-state index in [0.29, 0.717) is 30.4 Å². The summed E-state index contributed by atoms with van der Waals surface area (Å²) in [6, 6.07) is 3.12. The molecule has 2 aliphatic rings. The highest BCUT2D eigenvalue weighted by Gasteiger charge is 2.40. The van der Waals surface area contributed by atoms with Gasteiger partial charge < -0.3 is 14.5 Å². The molecule has 0 spiro atoms. The molecule has 0 bridgehead atoms. The van der Waals surface area contributed by atoms with E-state index in [4.69, 9.17) is 27.9 Å². The van der Waals surface area contributed by atoms with Crippen molar-refractivity contribution in [3.63, 3.8) is 0 Å². The Balaban J connectivity index is 1.92. The van der Waals surface area contributed by atoms with Crippen LogP contribution in [-0.2, 0) is 9.53 Å². The molecule has 0 saturated carbocycles. The minimum Gasteiger partial charge on any atom is -0.374 e. The molecule has 3 rings (SSSR count). The Bertz CT molecular complexity index is 620. The lowest BCUT2D eigenvalue weighted by molar-refractivity contribution is -0.115. The lowest BCUT2D eigenvalue weighted by Gasteiger charge is -2.32. The van der Waals surface area contributed by atoms with E-state index >= 15 is 0 Å². The van der Waals surface area contributed by atoms with Gasteiger partial charge in [0.05, 0.1) is 40.6 Å². The van der Waals surface area contributed by atoms with Gasteiger partial charge in [0.15, 0.2) is 0 Å². The fourth-order valence-electron chi connectivity index (χ4n) is 2.71. The molecule has 5 nitrogen and oxygen atoms in total. The standard InChI is InChI=1S/C14H14Cl2N2O3/c1-17-4-5-21-8(6-17)7-18-12-10(16)3-2-9(15)11(12)13(19)14(18)20/h2-3,8H,4-7H2,1H3. The molecule has 2 heterocycles. The third kappa shape index (κ3) is 2.55. The van der Waals surface area contributed by atoms with E-state index in [1.165, 1.54) is 11.0 Å². The van der Waals surface area contributed by atoms with Crippen molar-refractivity contribution in [3.05, 3.63) is 27.7 Å². The summed E-state index contributed by atoms with van der Waals surface area (Å²) in [5.74, 6) is -1.21. The summed E-state index contributed by atoms with van der Waals surface area (Å²) in [6.45, 7) is 2.45. The molecule has 1 aromatic carbocycles. The van der Waals surface area contributed by atoms with Crippen molar-refractivity contribution in [2.24, 2.45) is 0 Å². The molecule has 1 unspecified atom stereocenters. The Hall–Kier alpha value is -1.14. The maximum absolute atomic E-state index is 12.2. The van der Waals surface area contributed by atoms with Crippen molar-refractivity contribution in [1.82, 2.24) is 4.90 Å². The van der Waals surface area contributed by atoms with Crippen molar-refractivity contribution in [3.8, 4) is 0 Å². The van der Waals surface area contributed by atoms with E-state index in [9.17, 15) is 9.59 Å². The quantitative estimate of drug-likeness (QED) is 0.777. The zero-order chi connectivity index (χ0) is 15.1. The van der Waals surface area contributed by atoms with Crippen LogP contribution in [0.1, 0.15) is 10.4 Å². The fourth-order valence-corrected chi connectivity index (χ4v) is 3.20. The van der Waals surface area contributed by atoms with Gasteiger partial charge in [-0.05, 0) is 19.2 Å². The number of halogens is 2. The highest BCUT2D eigenvalue weighted by molar-refractivity contribution is 6.57. The van der Waals surface area contributed by atoms with Crippen LogP contribution in [0.4, 0.5) is 5.69 Å². The van der Waals surface area contributed by atoms with Crippen LogP contribution < -0.4 is 4.90 Å². The molecule has 1 amide bonds. The first-order valence-corrected chi connectivity index (χ1v) is 7.39. The Morgan fingerprint density at radius 3 is 2.71 bits per heavy atom. The third-order valence-electron chi connectivity index (χ3n) is 3.74. The van der Waals surface area contributed by atoms with Gasteiger partial charge in [0.25, 0.3) is 11.7 Å². The molecule has 7 heteroatoms. The Morgan fingerprint density at radius 1 is 1.29 bits per heavy atom. The molecule has 1 atom stereocenters. The predicted octanol–water partition coefficient (Wildman–Crippen LogP) is 1.85. The van der Waals surface area contributed by atoms with Gasteiger partial charge in [-0.25, -0.2) is 0 Å². The average molecular weight is 329 g/mol. The number of benzene rings is 1. The van der Waals surface area contributed by atoms with E-state index in [2.05, 4.69) is 4.90 Å². The van der Waals surface area contributed by atoms with E-state index < -0.39 is 11.7 Å². The highest BCUT2D eigenvalue weighted by Crippen LogP contribution is 2.40. The molecule has 0 aliphatic carbocycles. The van der Waals surface area contributed by atoms with Crippen molar-refractivity contribution >= 4 is 40.6 Å². The molecule has 112 valence electrons. The summed E-state index contributed by atoms with van der Waals surface area (Å²) < 4.78 is 5.66. The van der Waals surface area contributed by atoms with Crippen molar-refractivity contribution in [2.45, 2.75) is 6.10 Å². The number of carbonyl (C=O) groups is 2. The van der Waals surface area contributed by atoms with Crippen LogP contribution in [0.5, 0.6) is 0 Å². The molecule has 1 saturated heterocycles. The van der Waals surface area contributed by atoms with Crippen LogP contribution in [0, 0.1) is 0 Å². The van der Waals surface area contributed by atoms with Crippen LogP contribution in [0.2, 0.25) is 10.0 Å². The largest absolute Gasteiger partial charge is 0.374 e. The minimum absolute atomic E-state index is 0.151. The summed E-state index contributed by atoms with van der Waals surface area (Å²) >= 11 is 12.2. The van der Waals surface area contributed by atoms with Gasteiger partial charge in [0, 0.05) is 13.1 Å². The summed E-state index contributed by atoms with van der Waals surface area (Å²) in [7, 11) is 1.99. The Morgan fingerprint density at radius 2 is 2.00 bits per heavy atom. The Labute approximate surface area is 132 Å². The number of ketones is 1. The van der Waals surface area contributed by atoms with Crippen LogP contribution >= 0.6 is 23.2 Å². The van der Waals surface area contributed by atoms with Crippen molar-refractivity contribution in [1.29, 1.82) is 0 Å². The maximum atomic E-state index is 12.2. The number of carbonyl (C=O) groups excluding carboxylic acids is 2. The van der Waals surface area contributed by atoms with E-state index in [0.717, 1.165) is 6.54 Å². The number of morpholine rings is 1. The van der Waals surface area contributed by atoms with Gasteiger partial charge in [-0.1, -0.05) is 23.2 Å². The van der Waals surface area contributed by atoms with Gasteiger partial charge in [-0.2, -0.15) is 0 Å². The van der Waals surface area contributed by atoms with Gasteiger partial charge in [-0.15, -0.1) is 0 Å². The van der Waals surface area contributed by atoms with Crippen LogP contribution in [0.15, 0.2) is 12.1 Å². The lowest BCUT2D eigenvalue weighted by Crippen LogP contribution is -2.47. The Kier molecular flexibility index (Phi) is 3.92. The van der Waals surface area contributed by atoms with Crippen LogP contribution in [0.3, 0.4) is 0 Å². The van der Waals surface area contributed by atoms with Crippen molar-refractivity contribution < 1.29 is 14.3 Å². The molecule has 0 N–H and O–H groups in total. The third-order valence-corrected chi connectivity index (χ3v) is 4.36. The monoisotopic (exact) mass is 328 g/mol. The van der Waals surface area contributed by atoms with Gasteiger partial charge in [0.2, 0.25) is 0 Å². The van der Waals surface area contributed by atoms with Crippen LogP contribution in [0.25, 0.3) is 0 Å². The number of anilines is 1. The molecule has 2 aliphatic heterocycles. The first-order valence-electron chi connectivity index (χ1n) is 6.63. The number of amides is 1. The van der Waals surface area contributed by atoms with Gasteiger partial charge >= 0.3 is 0 Å². The second kappa shape index (κ2) is 5.57. The number of fused-ring (bicyclic) bond motifs is 1. The average Bonchev–Trinajstić information content (AvgIpc) is 2.69. The normalized spacial score (nSPS) is 22.8. The smallest absolute Gasteiger partial charge is 0.299 e. The fraction of sp³-hybridized carbons (Fsp3) is 0.429. The SMILES string of the molecule is CN1CCOC(CN2C(=O)C(=O)c3c(Cl)ccc(Cl)c32)C1. The summed E-state index contributed by atoms with van der Waals surface area (Å²) in [5, 5.41) is 0.592. The van der Waals surface area contributed by atoms with Gasteiger partial charge in [0.1, 0.15) is 0 Å². The van der Waals surface area contributed by atoms with Gasteiger partial charge in [-0.3, -0.25) is 9.59 Å². The second-order valence-electron chi connectivity index (χ2n) is 5.25. The molecular weight excluding hydrogens is 315 g/mol. The van der Waals surface area contributed by atoms with E-state index in [1.54, 1.807) is 6.07 Å². The maximum Gasteiger partial charge on any atom is 0.299 e. The minimum atomic E-state index is -0.610. The summed E-state index contributed by atoms with van der Waals surface area (Å²) in [6.07, 6.45) is -0.151. The van der Waals surface area contributed by atoms with Crippen LogP contribution in [-0.4, -0.2) is 56.0 Å². The number of Topliss-reactive ketones (excluding diaryl/α,β-unsaturated/α-hetero) is 1. The number of hydrogen-bond acceptors (Lipinski definition) is 4. The number of likely N-dealkylation sites (N-methyl/N-ethyl adjacent to an activating group) is 1. The van der Waals surface area contributed by atoms with E-state index in [-0.39, 0.29) is 16.7 Å². The topological polar surface area (TPSA) is 49.9 Å². The second-order valence-corrected chi connectivity index (χ2v) is 6.07. The number of hydrogen-bond donors (Lipinski definition) is 0. The molecule has 1 fully saturated rings. The predicted molar refractivity (Wildman–Crippen MR) is 80.4 cm³/mol. The molecule has 0 radical (unpaired) electrons. The summed E-state index contributed by atoms with van der Waals surface area (Å²) in [4.78, 5) is 27.8. The van der Waals surface area contributed by atoms with E-state index in [1.807, 2.05) is 7.05 Å². The zero-order valence-corrected chi connectivity index (χ0v) is 12.9. The molecule has 21 heavy (non-hydrogen) atoms. The molecule has 1 aromatic rings. The number of ether oxygens (including phenoxy) is 1. The summed E-state index contributed by atoms with van der Waals surface area (Å²) in [5.41, 5.74) is 0.592. The number of nitrogens with zero attached hydrogens (tertiary/aromatic N) is 2. The molecular formula is C14H14Cl2N2O3. The van der Waals surface area contributed by atoms with Crippen molar-refractivity contribution in [2.75, 3.05) is 38.2 Å². The highest BCUT2D eigenvalue weighted by atomic mass is 35.5. The molecule has 0 aromatic heterocycles. The first-order chi connectivity index (χ1) is 9.99. The lowest BCUT2D eigenvalue weighted by atomic mass is 10.1. The number of rotatable bonds is 2. The zero-order valence-electron chi connectivity index (χ0n) is 11.4.